The topological polar surface area (TPSA) is 117 Å². The average Bonchev–Trinajstić information content (AvgIpc) is 3.19. The van der Waals surface area contributed by atoms with Gasteiger partial charge in [-0.25, -0.2) is 4.79 Å². The first-order valence-corrected chi connectivity index (χ1v) is 10.00. The lowest BCUT2D eigenvalue weighted by Gasteiger charge is -2.17. The largest absolute Gasteiger partial charge is 0.481 e. The summed E-state index contributed by atoms with van der Waals surface area (Å²) in [6, 6.07) is 16.5. The van der Waals surface area contributed by atoms with Gasteiger partial charge in [-0.05, 0) is 54.8 Å². The molecule has 32 heavy (non-hydrogen) atoms. The zero-order valence-corrected chi connectivity index (χ0v) is 18.1. The van der Waals surface area contributed by atoms with Crippen molar-refractivity contribution in [2.75, 3.05) is 14.1 Å². The van der Waals surface area contributed by atoms with E-state index in [0.29, 0.717) is 12.3 Å². The van der Waals surface area contributed by atoms with Crippen molar-refractivity contribution in [3.8, 4) is 16.9 Å². The number of rotatable bonds is 7. The number of azo groups is 1. The molecular weight excluding hydrogens is 408 g/mol. The number of aromatic nitrogens is 1. The lowest BCUT2D eigenvalue weighted by Crippen LogP contribution is -2.08. The normalized spacial score (nSPS) is 11.8. The highest BCUT2D eigenvalue weighted by molar-refractivity contribution is 5.99. The van der Waals surface area contributed by atoms with Crippen LogP contribution in [0.15, 0.2) is 69.8 Å². The zero-order chi connectivity index (χ0) is 23.3. The highest BCUT2D eigenvalue weighted by Gasteiger charge is 2.16. The first-order valence-electron chi connectivity index (χ1n) is 10.00. The van der Waals surface area contributed by atoms with Crippen molar-refractivity contribution in [3.05, 3.63) is 77.0 Å². The van der Waals surface area contributed by atoms with Crippen molar-refractivity contribution in [1.82, 2.24) is 4.57 Å². The maximum Gasteiger partial charge on any atom is 0.335 e. The molecule has 1 heterocycles. The van der Waals surface area contributed by atoms with Gasteiger partial charge in [-0.15, -0.1) is 5.11 Å². The third-order valence-corrected chi connectivity index (χ3v) is 5.09. The van der Waals surface area contributed by atoms with Crippen molar-refractivity contribution in [2.45, 2.75) is 19.8 Å². The molecule has 0 saturated heterocycles. The summed E-state index contributed by atoms with van der Waals surface area (Å²) in [6.45, 7) is 1.84. The Morgan fingerprint density at radius 1 is 0.938 bits per heavy atom. The summed E-state index contributed by atoms with van der Waals surface area (Å²) in [7, 11) is 3.24. The summed E-state index contributed by atoms with van der Waals surface area (Å²) in [6.07, 6.45) is 0.337. The Morgan fingerprint density at radius 3 is 2.19 bits per heavy atom. The first-order chi connectivity index (χ1) is 15.3. The van der Waals surface area contributed by atoms with Crippen LogP contribution in [0.3, 0.4) is 0 Å². The fraction of sp³-hybridized carbons (Fsp3) is 0.208. The summed E-state index contributed by atoms with van der Waals surface area (Å²) in [4.78, 5) is 26.7. The fourth-order valence-electron chi connectivity index (χ4n) is 3.57. The van der Waals surface area contributed by atoms with E-state index in [9.17, 15) is 14.7 Å². The maximum atomic E-state index is 11.3. The quantitative estimate of drug-likeness (QED) is 0.322. The molecular formula is C24H24N4O4. The molecule has 3 rings (SSSR count). The van der Waals surface area contributed by atoms with Crippen molar-refractivity contribution >= 4 is 17.8 Å². The molecule has 2 N–H and O–H groups in total. The van der Waals surface area contributed by atoms with Gasteiger partial charge in [0.25, 0.3) is 0 Å². The van der Waals surface area contributed by atoms with E-state index in [2.05, 4.69) is 15.2 Å². The maximum absolute atomic E-state index is 11.3. The van der Waals surface area contributed by atoms with Gasteiger partial charge < -0.3 is 14.8 Å². The number of carbonyl (C=O) groups is 2. The minimum absolute atomic E-state index is 0.00695. The van der Waals surface area contributed by atoms with Gasteiger partial charge >= 0.3 is 11.9 Å². The first kappa shape index (κ1) is 22.6. The Labute approximate surface area is 185 Å². The molecule has 0 aliphatic rings. The van der Waals surface area contributed by atoms with Crippen LogP contribution in [0.25, 0.3) is 16.9 Å². The molecule has 0 aliphatic carbocycles. The van der Waals surface area contributed by atoms with Crippen molar-refractivity contribution in [1.29, 1.82) is 0 Å². The molecule has 0 amide bonds. The Kier molecular flexibility index (Phi) is 6.94. The third kappa shape index (κ3) is 4.80. The lowest BCUT2D eigenvalue weighted by molar-refractivity contribution is -0.136. The Hall–Kier alpha value is -4.07. The van der Waals surface area contributed by atoms with E-state index in [4.69, 9.17) is 5.11 Å². The third-order valence-electron chi connectivity index (χ3n) is 5.09. The van der Waals surface area contributed by atoms with E-state index in [1.165, 1.54) is 0 Å². The molecule has 0 bridgehead atoms. The van der Waals surface area contributed by atoms with E-state index in [-0.39, 0.29) is 12.0 Å². The van der Waals surface area contributed by atoms with Crippen LogP contribution in [0.5, 0.6) is 0 Å². The van der Waals surface area contributed by atoms with Crippen LogP contribution in [0.1, 0.15) is 33.6 Å². The van der Waals surface area contributed by atoms with E-state index < -0.39 is 11.9 Å². The molecule has 0 saturated carbocycles. The van der Waals surface area contributed by atoms with Crippen LogP contribution in [0, 0.1) is 6.92 Å². The molecule has 0 spiro atoms. The van der Waals surface area contributed by atoms with Gasteiger partial charge in [-0.2, -0.15) is 5.11 Å². The Balaban J connectivity index is 2.11. The number of aromatic carboxylic acids is 1. The standard InChI is InChI=1S/C24H24N4O4/c1-15-14-18(24(31)32)8-11-20(15)28-19(10-13-22(29)30)9-12-21(28)16-4-6-17(7-5-16)23(25-2)27-26-3/h4-9,11-12,14H,10,13H2,1-3H3,(H,29,30)(H,31,32). The Bertz CT molecular complexity index is 1210. The van der Waals surface area contributed by atoms with Crippen LogP contribution in [-0.2, 0) is 11.2 Å². The number of nitrogens with zero attached hydrogens (tertiary/aromatic N) is 4. The summed E-state index contributed by atoms with van der Waals surface area (Å²) < 4.78 is 1.99. The molecule has 8 heteroatoms. The predicted octanol–water partition coefficient (Wildman–Crippen LogP) is 4.63. The second-order valence-electron chi connectivity index (χ2n) is 7.17. The number of carboxylic acids is 2. The monoisotopic (exact) mass is 432 g/mol. The second kappa shape index (κ2) is 9.82. The summed E-state index contributed by atoms with van der Waals surface area (Å²) in [5.74, 6) is -1.35. The number of aliphatic carboxylic acids is 1. The van der Waals surface area contributed by atoms with Crippen molar-refractivity contribution in [3.63, 3.8) is 0 Å². The van der Waals surface area contributed by atoms with Crippen LogP contribution >= 0.6 is 0 Å². The summed E-state index contributed by atoms with van der Waals surface area (Å²) in [5.41, 5.74) is 5.22. The highest BCUT2D eigenvalue weighted by atomic mass is 16.4. The molecule has 0 radical (unpaired) electrons. The molecule has 8 nitrogen and oxygen atoms in total. The smallest absolute Gasteiger partial charge is 0.335 e. The van der Waals surface area contributed by atoms with Gasteiger partial charge in [0.05, 0.1) is 17.7 Å². The van der Waals surface area contributed by atoms with E-state index in [1.807, 2.05) is 47.9 Å². The molecule has 0 fully saturated rings. The van der Waals surface area contributed by atoms with E-state index >= 15 is 0 Å². The van der Waals surface area contributed by atoms with E-state index in [0.717, 1.165) is 33.8 Å². The van der Waals surface area contributed by atoms with Crippen LogP contribution < -0.4 is 0 Å². The highest BCUT2D eigenvalue weighted by Crippen LogP contribution is 2.30. The molecule has 2 aromatic carbocycles. The fourth-order valence-corrected chi connectivity index (χ4v) is 3.57. The van der Waals surface area contributed by atoms with Crippen LogP contribution in [0.4, 0.5) is 0 Å². The number of aliphatic imine (C=N–C) groups is 1. The van der Waals surface area contributed by atoms with E-state index in [1.54, 1.807) is 32.3 Å². The number of amidine groups is 1. The number of hydrogen-bond acceptors (Lipinski definition) is 4. The second-order valence-corrected chi connectivity index (χ2v) is 7.17. The molecule has 164 valence electrons. The van der Waals surface area contributed by atoms with Gasteiger partial charge in [0, 0.05) is 31.0 Å². The summed E-state index contributed by atoms with van der Waals surface area (Å²) in [5, 5.41) is 26.3. The molecule has 0 atom stereocenters. The van der Waals surface area contributed by atoms with Crippen molar-refractivity contribution in [2.24, 2.45) is 15.2 Å². The number of aryl methyl sites for hydroxylation is 2. The molecule has 0 aliphatic heterocycles. The minimum Gasteiger partial charge on any atom is -0.481 e. The number of benzene rings is 2. The molecule has 1 aromatic heterocycles. The molecule has 0 unspecified atom stereocenters. The van der Waals surface area contributed by atoms with Crippen molar-refractivity contribution < 1.29 is 19.8 Å². The number of hydrogen-bond donors (Lipinski definition) is 2. The minimum atomic E-state index is -0.994. The number of carboxylic acid groups (broad SMARTS) is 2. The van der Waals surface area contributed by atoms with Crippen LogP contribution in [0.2, 0.25) is 0 Å². The molecule has 3 aromatic rings. The van der Waals surface area contributed by atoms with Gasteiger partial charge in [0.15, 0.2) is 5.84 Å². The zero-order valence-electron chi connectivity index (χ0n) is 18.1. The average molecular weight is 432 g/mol. The van der Waals surface area contributed by atoms with Crippen LogP contribution in [-0.4, -0.2) is 46.6 Å². The SMILES string of the molecule is CN=NC(=NC)c1ccc(-c2ccc(CCC(=O)O)n2-c2ccc(C(=O)O)cc2C)cc1. The lowest BCUT2D eigenvalue weighted by atomic mass is 10.1. The van der Waals surface area contributed by atoms with Gasteiger partial charge in [0.2, 0.25) is 0 Å². The Morgan fingerprint density at radius 2 is 1.62 bits per heavy atom. The van der Waals surface area contributed by atoms with Gasteiger partial charge in [0.1, 0.15) is 0 Å². The van der Waals surface area contributed by atoms with Gasteiger partial charge in [-0.3, -0.25) is 9.79 Å². The summed E-state index contributed by atoms with van der Waals surface area (Å²) >= 11 is 0. The predicted molar refractivity (Wildman–Crippen MR) is 122 cm³/mol. The van der Waals surface area contributed by atoms with Gasteiger partial charge in [-0.1, -0.05) is 24.3 Å².